The first kappa shape index (κ1) is 17.9. The van der Waals surface area contributed by atoms with Crippen LogP contribution in [0.5, 0.6) is 5.75 Å². The van der Waals surface area contributed by atoms with Crippen molar-refractivity contribution >= 4 is 0 Å². The fourth-order valence-electron chi connectivity index (χ4n) is 3.26. The molecule has 3 rings (SSSR count). The molecule has 0 aliphatic carbocycles. The minimum atomic E-state index is 0.313. The lowest BCUT2D eigenvalue weighted by Crippen LogP contribution is -2.31. The molecular formula is C19H27N3O3. The maximum atomic E-state index is 5.84. The van der Waals surface area contributed by atoms with Crippen LogP contribution in [0, 0.1) is 18.8 Å². The third-order valence-corrected chi connectivity index (χ3v) is 4.52. The number of nitrogens with zero attached hydrogens (tertiary/aromatic N) is 2. The molecule has 25 heavy (non-hydrogen) atoms. The summed E-state index contributed by atoms with van der Waals surface area (Å²) in [7, 11) is 0. The summed E-state index contributed by atoms with van der Waals surface area (Å²) in [6.07, 6.45) is 1.54. The van der Waals surface area contributed by atoms with Crippen molar-refractivity contribution in [2.75, 3.05) is 13.2 Å². The SMILES string of the molecule is Cc1nc(COc2ccc(CNC[C@H]3CCO[C@@H]3C(C)C)cc2)no1. The van der Waals surface area contributed by atoms with Gasteiger partial charge in [0, 0.05) is 26.6 Å². The van der Waals surface area contributed by atoms with Gasteiger partial charge in [0.25, 0.3) is 0 Å². The molecule has 6 heteroatoms. The number of aryl methyl sites for hydroxylation is 1. The van der Waals surface area contributed by atoms with Crippen LogP contribution in [0.25, 0.3) is 0 Å². The molecule has 1 aromatic carbocycles. The van der Waals surface area contributed by atoms with Crippen molar-refractivity contribution in [2.45, 2.75) is 46.4 Å². The highest BCUT2D eigenvalue weighted by atomic mass is 16.5. The predicted octanol–water partition coefficient (Wildman–Crippen LogP) is 3.11. The Kier molecular flexibility index (Phi) is 6.04. The maximum Gasteiger partial charge on any atom is 0.223 e. The summed E-state index contributed by atoms with van der Waals surface area (Å²) in [6.45, 7) is 9.28. The van der Waals surface area contributed by atoms with Crippen molar-refractivity contribution in [3.05, 3.63) is 41.5 Å². The third-order valence-electron chi connectivity index (χ3n) is 4.52. The predicted molar refractivity (Wildman–Crippen MR) is 94.2 cm³/mol. The Morgan fingerprint density at radius 1 is 1.28 bits per heavy atom. The molecule has 1 fully saturated rings. The van der Waals surface area contributed by atoms with E-state index in [2.05, 4.69) is 41.4 Å². The van der Waals surface area contributed by atoms with Crippen molar-refractivity contribution < 1.29 is 14.0 Å². The van der Waals surface area contributed by atoms with Crippen LogP contribution in [-0.2, 0) is 17.9 Å². The van der Waals surface area contributed by atoms with Gasteiger partial charge in [0.15, 0.2) is 6.61 Å². The van der Waals surface area contributed by atoms with Gasteiger partial charge in [-0.3, -0.25) is 0 Å². The molecule has 1 aliphatic rings. The van der Waals surface area contributed by atoms with E-state index in [-0.39, 0.29) is 0 Å². The first-order chi connectivity index (χ1) is 12.1. The molecule has 1 aromatic heterocycles. The highest BCUT2D eigenvalue weighted by molar-refractivity contribution is 5.27. The highest BCUT2D eigenvalue weighted by Gasteiger charge is 2.29. The summed E-state index contributed by atoms with van der Waals surface area (Å²) in [5.74, 6) is 3.10. The number of aromatic nitrogens is 2. The number of benzene rings is 1. The molecule has 1 saturated heterocycles. The van der Waals surface area contributed by atoms with Crippen molar-refractivity contribution in [3.8, 4) is 5.75 Å². The van der Waals surface area contributed by atoms with Gasteiger partial charge < -0.3 is 19.3 Å². The second-order valence-corrected chi connectivity index (χ2v) is 6.92. The second kappa shape index (κ2) is 8.45. The molecule has 0 bridgehead atoms. The van der Waals surface area contributed by atoms with E-state index in [0.29, 0.717) is 36.3 Å². The average molecular weight is 345 g/mol. The molecule has 0 radical (unpaired) electrons. The van der Waals surface area contributed by atoms with Gasteiger partial charge in [-0.1, -0.05) is 31.1 Å². The second-order valence-electron chi connectivity index (χ2n) is 6.92. The number of hydrogen-bond acceptors (Lipinski definition) is 6. The Hall–Kier alpha value is -1.92. The van der Waals surface area contributed by atoms with E-state index >= 15 is 0 Å². The van der Waals surface area contributed by atoms with Gasteiger partial charge in [0.05, 0.1) is 6.10 Å². The van der Waals surface area contributed by atoms with E-state index in [0.717, 1.165) is 31.9 Å². The molecular weight excluding hydrogens is 318 g/mol. The van der Waals surface area contributed by atoms with Crippen LogP contribution in [0.15, 0.2) is 28.8 Å². The zero-order chi connectivity index (χ0) is 17.6. The first-order valence-corrected chi connectivity index (χ1v) is 8.95. The number of ether oxygens (including phenoxy) is 2. The molecule has 136 valence electrons. The molecule has 2 heterocycles. The molecule has 1 aliphatic heterocycles. The normalized spacial score (nSPS) is 20.3. The topological polar surface area (TPSA) is 69.4 Å². The lowest BCUT2D eigenvalue weighted by Gasteiger charge is -2.22. The maximum absolute atomic E-state index is 5.84. The summed E-state index contributed by atoms with van der Waals surface area (Å²) in [5.41, 5.74) is 1.24. The van der Waals surface area contributed by atoms with Crippen molar-refractivity contribution in [1.82, 2.24) is 15.5 Å². The Balaban J connectivity index is 1.41. The van der Waals surface area contributed by atoms with Crippen LogP contribution >= 0.6 is 0 Å². The van der Waals surface area contributed by atoms with Gasteiger partial charge in [0.2, 0.25) is 11.7 Å². The number of nitrogens with one attached hydrogen (secondary N) is 1. The van der Waals surface area contributed by atoms with Crippen molar-refractivity contribution in [3.63, 3.8) is 0 Å². The summed E-state index contributed by atoms with van der Waals surface area (Å²) in [6, 6.07) is 8.10. The molecule has 6 nitrogen and oxygen atoms in total. The molecule has 1 N–H and O–H groups in total. The first-order valence-electron chi connectivity index (χ1n) is 8.95. The largest absolute Gasteiger partial charge is 0.485 e. The van der Waals surface area contributed by atoms with E-state index < -0.39 is 0 Å². The molecule has 2 atom stereocenters. The summed E-state index contributed by atoms with van der Waals surface area (Å²) in [4.78, 5) is 4.12. The fourth-order valence-corrected chi connectivity index (χ4v) is 3.26. The van der Waals surface area contributed by atoms with E-state index in [4.69, 9.17) is 14.0 Å². The smallest absolute Gasteiger partial charge is 0.223 e. The Morgan fingerprint density at radius 2 is 2.08 bits per heavy atom. The van der Waals surface area contributed by atoms with Gasteiger partial charge >= 0.3 is 0 Å². The average Bonchev–Trinajstić information content (AvgIpc) is 3.23. The van der Waals surface area contributed by atoms with Gasteiger partial charge in [-0.2, -0.15) is 4.98 Å². The Bertz CT molecular complexity index is 654. The van der Waals surface area contributed by atoms with Crippen LogP contribution in [0.4, 0.5) is 0 Å². The van der Waals surface area contributed by atoms with Crippen molar-refractivity contribution in [2.24, 2.45) is 11.8 Å². The summed E-state index contributed by atoms with van der Waals surface area (Å²) >= 11 is 0. The molecule has 0 saturated carbocycles. The van der Waals surface area contributed by atoms with Gasteiger partial charge in [-0.25, -0.2) is 0 Å². The lowest BCUT2D eigenvalue weighted by molar-refractivity contribution is 0.0539. The molecule has 0 amide bonds. The fraction of sp³-hybridized carbons (Fsp3) is 0.579. The minimum Gasteiger partial charge on any atom is -0.485 e. The van der Waals surface area contributed by atoms with Crippen LogP contribution in [0.2, 0.25) is 0 Å². The minimum absolute atomic E-state index is 0.313. The van der Waals surface area contributed by atoms with Gasteiger partial charge in [0.1, 0.15) is 5.75 Å². The number of rotatable bonds is 8. The van der Waals surface area contributed by atoms with Crippen LogP contribution < -0.4 is 10.1 Å². The Labute approximate surface area is 148 Å². The summed E-state index contributed by atoms with van der Waals surface area (Å²) < 4.78 is 16.4. The van der Waals surface area contributed by atoms with Crippen LogP contribution in [0.3, 0.4) is 0 Å². The molecule has 2 aromatic rings. The monoisotopic (exact) mass is 345 g/mol. The number of hydrogen-bond donors (Lipinski definition) is 1. The van der Waals surface area contributed by atoms with Gasteiger partial charge in [-0.05, 0) is 36.0 Å². The molecule has 0 spiro atoms. The van der Waals surface area contributed by atoms with Crippen LogP contribution in [-0.4, -0.2) is 29.4 Å². The Morgan fingerprint density at radius 3 is 2.76 bits per heavy atom. The molecule has 0 unspecified atom stereocenters. The van der Waals surface area contributed by atoms with E-state index in [9.17, 15) is 0 Å². The standard InChI is InChI=1S/C19H27N3O3/c1-13(2)19-16(8-9-23-19)11-20-10-15-4-6-17(7-5-15)24-12-18-21-14(3)25-22-18/h4-7,13,16,19-20H,8-12H2,1-3H3/t16-,19-/m1/s1. The quantitative estimate of drug-likeness (QED) is 0.793. The van der Waals surface area contributed by atoms with E-state index in [1.54, 1.807) is 6.92 Å². The highest BCUT2D eigenvalue weighted by Crippen LogP contribution is 2.26. The van der Waals surface area contributed by atoms with Crippen LogP contribution in [0.1, 0.15) is 37.5 Å². The lowest BCUT2D eigenvalue weighted by atomic mass is 9.93. The third kappa shape index (κ3) is 5.03. The van der Waals surface area contributed by atoms with Gasteiger partial charge in [-0.15, -0.1) is 0 Å². The van der Waals surface area contributed by atoms with Crippen molar-refractivity contribution in [1.29, 1.82) is 0 Å². The zero-order valence-corrected chi connectivity index (χ0v) is 15.2. The zero-order valence-electron chi connectivity index (χ0n) is 15.2. The summed E-state index contributed by atoms with van der Waals surface area (Å²) in [5, 5.41) is 7.37. The van der Waals surface area contributed by atoms with E-state index in [1.807, 2.05) is 12.1 Å². The van der Waals surface area contributed by atoms with E-state index in [1.165, 1.54) is 5.56 Å².